The summed E-state index contributed by atoms with van der Waals surface area (Å²) in [5.74, 6) is 0.0732. The maximum Gasteiger partial charge on any atom is 0.238 e. The van der Waals surface area contributed by atoms with Gasteiger partial charge >= 0.3 is 0 Å². The lowest BCUT2D eigenvalue weighted by Crippen LogP contribution is -2.39. The van der Waals surface area contributed by atoms with Gasteiger partial charge in [-0.25, -0.2) is 8.42 Å². The molecule has 0 saturated carbocycles. The van der Waals surface area contributed by atoms with Crippen molar-refractivity contribution in [3.8, 4) is 5.75 Å². The maximum absolute atomic E-state index is 11.5. The third-order valence-corrected chi connectivity index (χ3v) is 4.04. The van der Waals surface area contributed by atoms with Gasteiger partial charge < -0.3 is 15.8 Å². The number of ether oxygens (including phenoxy) is 1. The molecule has 6 nitrogen and oxygen atoms in total. The Labute approximate surface area is 112 Å². The lowest BCUT2D eigenvalue weighted by atomic mass is 10.3. The largest absolute Gasteiger partial charge is 0.492 e. The van der Waals surface area contributed by atoms with Crippen molar-refractivity contribution in [2.45, 2.75) is 12.2 Å². The van der Waals surface area contributed by atoms with E-state index in [0.29, 0.717) is 11.4 Å². The van der Waals surface area contributed by atoms with Crippen LogP contribution in [0.15, 0.2) is 24.3 Å². The average Bonchev–Trinajstić information content (AvgIpc) is 2.32. The molecule has 0 aliphatic carbocycles. The molecule has 1 unspecified atom stereocenters. The quantitative estimate of drug-likeness (QED) is 0.575. The highest BCUT2D eigenvalue weighted by molar-refractivity contribution is 7.92. The van der Waals surface area contributed by atoms with Crippen molar-refractivity contribution in [1.29, 1.82) is 0 Å². The number of benzene rings is 1. The minimum absolute atomic E-state index is 0.230. The molecule has 1 amide bonds. The van der Waals surface area contributed by atoms with Gasteiger partial charge in [0.1, 0.15) is 17.6 Å². The van der Waals surface area contributed by atoms with Gasteiger partial charge in [0.2, 0.25) is 5.91 Å². The van der Waals surface area contributed by atoms with Gasteiger partial charge in [-0.1, -0.05) is 6.07 Å². The summed E-state index contributed by atoms with van der Waals surface area (Å²) in [5.41, 5.74) is 6.17. The summed E-state index contributed by atoms with van der Waals surface area (Å²) in [7, 11) is -3.37. The summed E-state index contributed by atoms with van der Waals surface area (Å²) in [6.45, 7) is 1.82. The van der Waals surface area contributed by atoms with Gasteiger partial charge in [0.15, 0.2) is 9.84 Å². The summed E-state index contributed by atoms with van der Waals surface area (Å²) in [6.07, 6.45) is 1.03. The third-order valence-electron chi connectivity index (χ3n) is 2.54. The van der Waals surface area contributed by atoms with Crippen LogP contribution in [0.2, 0.25) is 0 Å². The first-order chi connectivity index (χ1) is 8.80. The Hall–Kier alpha value is -1.76. The van der Waals surface area contributed by atoms with Crippen LogP contribution in [-0.4, -0.2) is 39.0 Å². The molecule has 1 rings (SSSR count). The lowest BCUT2D eigenvalue weighted by Gasteiger charge is -2.11. The van der Waals surface area contributed by atoms with Gasteiger partial charge in [0.25, 0.3) is 0 Å². The standard InChI is InChI=1S/C12H18N2O4S/c1-9(19(2,16)17)12(15)14-6-7-18-11-5-3-4-10(13)8-11/h3-5,8-9H,6-7,13H2,1-2H3,(H,14,15). The minimum atomic E-state index is -3.37. The van der Waals surface area contributed by atoms with Crippen LogP contribution in [0.1, 0.15) is 6.92 Å². The highest BCUT2D eigenvalue weighted by Crippen LogP contribution is 2.13. The zero-order valence-corrected chi connectivity index (χ0v) is 11.7. The van der Waals surface area contributed by atoms with E-state index < -0.39 is 21.0 Å². The van der Waals surface area contributed by atoms with Crippen LogP contribution in [0.5, 0.6) is 5.75 Å². The second kappa shape index (κ2) is 6.42. The summed E-state index contributed by atoms with van der Waals surface area (Å²) >= 11 is 0. The van der Waals surface area contributed by atoms with Crippen molar-refractivity contribution in [1.82, 2.24) is 5.32 Å². The van der Waals surface area contributed by atoms with E-state index >= 15 is 0 Å². The molecular weight excluding hydrogens is 268 g/mol. The topological polar surface area (TPSA) is 98.5 Å². The summed E-state index contributed by atoms with van der Waals surface area (Å²) < 4.78 is 27.7. The van der Waals surface area contributed by atoms with Crippen LogP contribution < -0.4 is 15.8 Å². The van der Waals surface area contributed by atoms with E-state index in [2.05, 4.69) is 5.32 Å². The van der Waals surface area contributed by atoms with E-state index in [1.54, 1.807) is 24.3 Å². The van der Waals surface area contributed by atoms with Crippen LogP contribution >= 0.6 is 0 Å². The molecule has 1 aromatic carbocycles. The van der Waals surface area contributed by atoms with Gasteiger partial charge in [0.05, 0.1) is 6.54 Å². The zero-order valence-electron chi connectivity index (χ0n) is 10.9. The van der Waals surface area contributed by atoms with E-state index in [-0.39, 0.29) is 13.2 Å². The van der Waals surface area contributed by atoms with Gasteiger partial charge in [-0.05, 0) is 19.1 Å². The van der Waals surface area contributed by atoms with E-state index in [9.17, 15) is 13.2 Å². The van der Waals surface area contributed by atoms with Crippen LogP contribution in [0, 0.1) is 0 Å². The predicted octanol–water partition coefficient (Wildman–Crippen LogP) is 0.197. The van der Waals surface area contributed by atoms with E-state index in [1.807, 2.05) is 0 Å². The summed E-state index contributed by atoms with van der Waals surface area (Å²) in [4.78, 5) is 11.5. The third kappa shape index (κ3) is 5.17. The molecule has 1 atom stereocenters. The van der Waals surface area contributed by atoms with Crippen molar-refractivity contribution >= 4 is 21.4 Å². The molecule has 1 aromatic rings. The number of nitrogens with two attached hydrogens (primary N) is 1. The van der Waals surface area contributed by atoms with E-state index in [4.69, 9.17) is 10.5 Å². The average molecular weight is 286 g/mol. The zero-order chi connectivity index (χ0) is 14.5. The number of anilines is 1. The van der Waals surface area contributed by atoms with Crippen molar-refractivity contribution in [2.75, 3.05) is 25.1 Å². The molecule has 106 valence electrons. The fourth-order valence-electron chi connectivity index (χ4n) is 1.29. The minimum Gasteiger partial charge on any atom is -0.492 e. The van der Waals surface area contributed by atoms with E-state index in [0.717, 1.165) is 6.26 Å². The smallest absolute Gasteiger partial charge is 0.238 e. The molecule has 0 aliphatic heterocycles. The Kier molecular flexibility index (Phi) is 5.17. The molecule has 19 heavy (non-hydrogen) atoms. The number of rotatable bonds is 6. The number of carbonyl (C=O) groups excluding carboxylic acids is 1. The molecular formula is C12H18N2O4S. The SMILES string of the molecule is CC(C(=O)NCCOc1cccc(N)c1)S(C)(=O)=O. The van der Waals surface area contributed by atoms with Gasteiger partial charge in [-0.2, -0.15) is 0 Å². The lowest BCUT2D eigenvalue weighted by molar-refractivity contribution is -0.120. The van der Waals surface area contributed by atoms with Gasteiger partial charge in [0, 0.05) is 18.0 Å². The molecule has 0 aliphatic rings. The number of hydrogen-bond acceptors (Lipinski definition) is 5. The molecule has 7 heteroatoms. The molecule has 0 bridgehead atoms. The van der Waals surface area contributed by atoms with Gasteiger partial charge in [-0.3, -0.25) is 4.79 Å². The van der Waals surface area contributed by atoms with Crippen LogP contribution in [0.25, 0.3) is 0 Å². The Morgan fingerprint density at radius 3 is 2.74 bits per heavy atom. The van der Waals surface area contributed by atoms with Gasteiger partial charge in [-0.15, -0.1) is 0 Å². The highest BCUT2D eigenvalue weighted by atomic mass is 32.2. The second-order valence-corrected chi connectivity index (χ2v) is 6.55. The molecule has 0 aromatic heterocycles. The number of nitrogen functional groups attached to an aromatic ring is 1. The summed E-state index contributed by atoms with van der Waals surface area (Å²) in [5, 5.41) is 1.44. The predicted molar refractivity (Wildman–Crippen MR) is 73.7 cm³/mol. The fraction of sp³-hybridized carbons (Fsp3) is 0.417. The van der Waals surface area contributed by atoms with Crippen molar-refractivity contribution < 1.29 is 17.9 Å². The number of hydrogen-bond donors (Lipinski definition) is 2. The molecule has 0 spiro atoms. The molecule has 0 fully saturated rings. The van der Waals surface area contributed by atoms with E-state index in [1.165, 1.54) is 6.92 Å². The Morgan fingerprint density at radius 1 is 1.47 bits per heavy atom. The van der Waals surface area contributed by atoms with Crippen molar-refractivity contribution in [2.24, 2.45) is 0 Å². The number of carbonyl (C=O) groups is 1. The fourth-order valence-corrected chi connectivity index (χ4v) is 1.76. The van der Waals surface area contributed by atoms with Crippen LogP contribution in [-0.2, 0) is 14.6 Å². The molecule has 3 N–H and O–H groups in total. The first kappa shape index (κ1) is 15.3. The Morgan fingerprint density at radius 2 is 2.16 bits per heavy atom. The highest BCUT2D eigenvalue weighted by Gasteiger charge is 2.22. The van der Waals surface area contributed by atoms with Crippen molar-refractivity contribution in [3.63, 3.8) is 0 Å². The number of amides is 1. The molecule has 0 saturated heterocycles. The Balaban J connectivity index is 2.34. The molecule has 0 radical (unpaired) electrons. The van der Waals surface area contributed by atoms with Crippen molar-refractivity contribution in [3.05, 3.63) is 24.3 Å². The summed E-state index contributed by atoms with van der Waals surface area (Å²) in [6, 6.07) is 6.91. The second-order valence-electron chi connectivity index (χ2n) is 4.18. The normalized spacial score (nSPS) is 12.7. The number of nitrogens with one attached hydrogen (secondary N) is 1. The Bertz CT molecular complexity index is 542. The van der Waals surface area contributed by atoms with Crippen LogP contribution in [0.3, 0.4) is 0 Å². The van der Waals surface area contributed by atoms with Crippen LogP contribution in [0.4, 0.5) is 5.69 Å². The monoisotopic (exact) mass is 286 g/mol. The number of sulfone groups is 1. The maximum atomic E-state index is 11.5. The first-order valence-electron chi connectivity index (χ1n) is 5.75. The first-order valence-corrected chi connectivity index (χ1v) is 7.71. The molecule has 0 heterocycles.